The van der Waals surface area contributed by atoms with Crippen molar-refractivity contribution >= 4 is 34.9 Å². The van der Waals surface area contributed by atoms with E-state index in [0.717, 1.165) is 0 Å². The van der Waals surface area contributed by atoms with E-state index >= 15 is 0 Å². The predicted octanol–water partition coefficient (Wildman–Crippen LogP) is 3.44. The number of amides is 1. The third kappa shape index (κ3) is 4.70. The van der Waals surface area contributed by atoms with Crippen LogP contribution in [0.4, 0.5) is 11.4 Å². The molecule has 0 saturated heterocycles. The fourth-order valence-corrected chi connectivity index (χ4v) is 2.13. The Bertz CT molecular complexity index is 838. The van der Waals surface area contributed by atoms with Crippen LogP contribution in [0.1, 0.15) is 17.3 Å². The average Bonchev–Trinajstić information content (AvgIpc) is 2.62. The number of methoxy groups -OCH3 is 1. The van der Waals surface area contributed by atoms with Crippen molar-refractivity contribution in [2.24, 2.45) is 0 Å². The normalized spacial score (nSPS) is 11.3. The van der Waals surface area contributed by atoms with E-state index in [4.69, 9.17) is 21.1 Å². The smallest absolute Gasteiger partial charge is 0.338 e. The summed E-state index contributed by atoms with van der Waals surface area (Å²) in [7, 11) is 1.32. The molecule has 2 aromatic carbocycles. The second kappa shape index (κ2) is 8.30. The van der Waals surface area contributed by atoms with Crippen molar-refractivity contribution in [3.8, 4) is 5.75 Å². The number of nitrogens with one attached hydrogen (secondary N) is 1. The molecule has 0 aliphatic heterocycles. The third-order valence-corrected chi connectivity index (χ3v) is 3.64. The topological polar surface area (TPSA) is 108 Å². The summed E-state index contributed by atoms with van der Waals surface area (Å²) in [5.41, 5.74) is 0.293. The van der Waals surface area contributed by atoms with Gasteiger partial charge in [0.25, 0.3) is 11.6 Å². The first-order valence-corrected chi connectivity index (χ1v) is 7.79. The van der Waals surface area contributed by atoms with Crippen LogP contribution in [0.5, 0.6) is 5.75 Å². The number of halogens is 1. The molecule has 1 atom stereocenters. The molecule has 0 heterocycles. The zero-order valence-electron chi connectivity index (χ0n) is 13.9. The highest BCUT2D eigenvalue weighted by atomic mass is 35.5. The van der Waals surface area contributed by atoms with Gasteiger partial charge in [0.05, 0.1) is 29.4 Å². The minimum absolute atomic E-state index is 0.115. The number of hydrogen-bond donors (Lipinski definition) is 1. The number of hydrogen-bond acceptors (Lipinski definition) is 6. The van der Waals surface area contributed by atoms with Gasteiger partial charge in [0.1, 0.15) is 5.75 Å². The van der Waals surface area contributed by atoms with Crippen molar-refractivity contribution in [2.75, 3.05) is 12.4 Å². The number of carbonyl (C=O) groups excluding carboxylic acids is 2. The maximum absolute atomic E-state index is 12.2. The van der Waals surface area contributed by atoms with Gasteiger partial charge in [-0.2, -0.15) is 0 Å². The quantitative estimate of drug-likeness (QED) is 0.468. The Hall–Kier alpha value is -3.13. The second-order valence-electron chi connectivity index (χ2n) is 5.19. The van der Waals surface area contributed by atoms with Crippen molar-refractivity contribution in [3.05, 3.63) is 63.2 Å². The first-order chi connectivity index (χ1) is 12.3. The SMILES string of the molecule is COc1cc([N+](=O)[O-])ccc1NC(=O)[C@@H](C)OC(=O)c1ccc(Cl)cc1. The predicted molar refractivity (Wildman–Crippen MR) is 94.6 cm³/mol. The lowest BCUT2D eigenvalue weighted by molar-refractivity contribution is -0.384. The maximum Gasteiger partial charge on any atom is 0.338 e. The van der Waals surface area contributed by atoms with E-state index in [0.29, 0.717) is 5.02 Å². The number of rotatable bonds is 6. The fraction of sp³-hybridized carbons (Fsp3) is 0.176. The zero-order chi connectivity index (χ0) is 19.3. The summed E-state index contributed by atoms with van der Waals surface area (Å²) in [6, 6.07) is 9.77. The van der Waals surface area contributed by atoms with E-state index in [-0.39, 0.29) is 22.7 Å². The first-order valence-electron chi connectivity index (χ1n) is 7.41. The summed E-state index contributed by atoms with van der Waals surface area (Å²) in [6.45, 7) is 1.40. The molecule has 1 amide bonds. The van der Waals surface area contributed by atoms with Gasteiger partial charge >= 0.3 is 5.97 Å². The molecule has 0 fully saturated rings. The monoisotopic (exact) mass is 378 g/mol. The van der Waals surface area contributed by atoms with Gasteiger partial charge in [-0.3, -0.25) is 14.9 Å². The van der Waals surface area contributed by atoms with Crippen molar-refractivity contribution in [1.29, 1.82) is 0 Å². The number of nitro groups is 1. The Morgan fingerprint density at radius 2 is 1.85 bits per heavy atom. The fourth-order valence-electron chi connectivity index (χ4n) is 2.00. The number of esters is 1. The maximum atomic E-state index is 12.2. The molecule has 0 aromatic heterocycles. The number of benzene rings is 2. The van der Waals surface area contributed by atoms with E-state index in [2.05, 4.69) is 5.32 Å². The molecule has 1 N–H and O–H groups in total. The van der Waals surface area contributed by atoms with Crippen molar-refractivity contribution < 1.29 is 24.0 Å². The van der Waals surface area contributed by atoms with Crippen molar-refractivity contribution in [3.63, 3.8) is 0 Å². The van der Waals surface area contributed by atoms with Crippen LogP contribution in [0.2, 0.25) is 5.02 Å². The van der Waals surface area contributed by atoms with Gasteiger partial charge in [-0.15, -0.1) is 0 Å². The van der Waals surface area contributed by atoms with Crippen LogP contribution < -0.4 is 10.1 Å². The molecule has 2 rings (SSSR count). The Morgan fingerprint density at radius 3 is 2.42 bits per heavy atom. The highest BCUT2D eigenvalue weighted by Crippen LogP contribution is 2.29. The van der Waals surface area contributed by atoms with Crippen LogP contribution in [0.25, 0.3) is 0 Å². The third-order valence-electron chi connectivity index (χ3n) is 3.39. The molecule has 0 bridgehead atoms. The Balaban J connectivity index is 2.05. The summed E-state index contributed by atoms with van der Waals surface area (Å²) < 4.78 is 10.1. The molecule has 136 valence electrons. The number of nitro benzene ring substituents is 1. The largest absolute Gasteiger partial charge is 0.494 e. The highest BCUT2D eigenvalue weighted by Gasteiger charge is 2.21. The molecule has 0 spiro atoms. The highest BCUT2D eigenvalue weighted by molar-refractivity contribution is 6.30. The van der Waals surface area contributed by atoms with Gasteiger partial charge in [-0.1, -0.05) is 11.6 Å². The molecule has 0 unspecified atom stereocenters. The number of anilines is 1. The van der Waals surface area contributed by atoms with Crippen molar-refractivity contribution in [1.82, 2.24) is 0 Å². The lowest BCUT2D eigenvalue weighted by atomic mass is 10.2. The lowest BCUT2D eigenvalue weighted by Gasteiger charge is -2.15. The zero-order valence-corrected chi connectivity index (χ0v) is 14.6. The van der Waals surface area contributed by atoms with Crippen LogP contribution in [-0.2, 0) is 9.53 Å². The van der Waals surface area contributed by atoms with Crippen LogP contribution in [0.15, 0.2) is 42.5 Å². The molecule has 8 nitrogen and oxygen atoms in total. The number of non-ortho nitro benzene ring substituents is 1. The Kier molecular flexibility index (Phi) is 6.13. The molecule has 0 radical (unpaired) electrons. The average molecular weight is 379 g/mol. The van der Waals surface area contributed by atoms with Crippen LogP contribution in [0.3, 0.4) is 0 Å². The summed E-state index contributed by atoms with van der Waals surface area (Å²) in [6.07, 6.45) is -1.10. The van der Waals surface area contributed by atoms with E-state index in [1.54, 1.807) is 0 Å². The number of carbonyl (C=O) groups is 2. The van der Waals surface area contributed by atoms with E-state index in [1.165, 1.54) is 56.5 Å². The van der Waals surface area contributed by atoms with Gasteiger partial charge in [0.15, 0.2) is 6.10 Å². The Labute approximate surface area is 153 Å². The van der Waals surface area contributed by atoms with Gasteiger partial charge in [0.2, 0.25) is 0 Å². The van der Waals surface area contributed by atoms with Crippen LogP contribution in [-0.4, -0.2) is 30.0 Å². The van der Waals surface area contributed by atoms with Crippen LogP contribution in [0, 0.1) is 10.1 Å². The number of ether oxygens (including phenoxy) is 2. The molecular weight excluding hydrogens is 364 g/mol. The first kappa shape index (κ1) is 19.2. The van der Waals surface area contributed by atoms with Gasteiger partial charge in [-0.25, -0.2) is 4.79 Å². The standard InChI is InChI=1S/C17H15ClN2O6/c1-10(26-17(22)11-3-5-12(18)6-4-11)16(21)19-14-8-7-13(20(23)24)9-15(14)25-2/h3-10H,1-2H3,(H,19,21)/t10-/m1/s1. The molecule has 2 aromatic rings. The molecule has 0 aliphatic rings. The van der Waals surface area contributed by atoms with E-state index < -0.39 is 22.9 Å². The molecule has 0 saturated carbocycles. The van der Waals surface area contributed by atoms with E-state index in [9.17, 15) is 19.7 Å². The minimum Gasteiger partial charge on any atom is -0.494 e. The summed E-state index contributed by atoms with van der Waals surface area (Å²) in [4.78, 5) is 34.4. The van der Waals surface area contributed by atoms with Gasteiger partial charge in [0, 0.05) is 11.1 Å². The second-order valence-corrected chi connectivity index (χ2v) is 5.62. The molecular formula is C17H15ClN2O6. The van der Waals surface area contributed by atoms with E-state index in [1.807, 2.05) is 0 Å². The number of nitrogens with zero attached hydrogens (tertiary/aromatic N) is 1. The van der Waals surface area contributed by atoms with Crippen LogP contribution >= 0.6 is 11.6 Å². The van der Waals surface area contributed by atoms with Gasteiger partial charge < -0.3 is 14.8 Å². The molecule has 9 heteroatoms. The summed E-state index contributed by atoms with van der Waals surface area (Å²) >= 11 is 5.75. The molecule has 0 aliphatic carbocycles. The van der Waals surface area contributed by atoms with Gasteiger partial charge in [-0.05, 0) is 37.3 Å². The molecule has 26 heavy (non-hydrogen) atoms. The van der Waals surface area contributed by atoms with Crippen molar-refractivity contribution in [2.45, 2.75) is 13.0 Å². The Morgan fingerprint density at radius 1 is 1.19 bits per heavy atom. The summed E-state index contributed by atoms with van der Waals surface area (Å²) in [5, 5.41) is 13.8. The lowest BCUT2D eigenvalue weighted by Crippen LogP contribution is -2.30. The minimum atomic E-state index is -1.10. The summed E-state index contributed by atoms with van der Waals surface area (Å²) in [5.74, 6) is -1.18.